The van der Waals surface area contributed by atoms with E-state index >= 15 is 0 Å². The first-order valence-corrected chi connectivity index (χ1v) is 9.29. The molecule has 0 bridgehead atoms. The van der Waals surface area contributed by atoms with Crippen LogP contribution in [-0.2, 0) is 9.53 Å². The summed E-state index contributed by atoms with van der Waals surface area (Å²) in [6.07, 6.45) is 2.15. The van der Waals surface area contributed by atoms with Crippen LogP contribution in [0.15, 0.2) is 48.5 Å². The van der Waals surface area contributed by atoms with Crippen molar-refractivity contribution in [1.82, 2.24) is 4.90 Å². The van der Waals surface area contributed by atoms with Crippen molar-refractivity contribution in [2.75, 3.05) is 13.2 Å². The van der Waals surface area contributed by atoms with Crippen LogP contribution in [0.4, 0.5) is 0 Å². The van der Waals surface area contributed by atoms with Crippen molar-refractivity contribution < 1.29 is 9.53 Å². The van der Waals surface area contributed by atoms with Gasteiger partial charge in [0.1, 0.15) is 12.7 Å². The Morgan fingerprint density at radius 2 is 1.76 bits per heavy atom. The number of hydrogen-bond acceptors (Lipinski definition) is 2. The third-order valence-corrected chi connectivity index (χ3v) is 5.36. The maximum Gasteiger partial charge on any atom is 0.249 e. The topological polar surface area (TPSA) is 29.5 Å². The Labute approximate surface area is 157 Å². The first-order valence-electron chi connectivity index (χ1n) is 8.54. The molecule has 2 aromatic rings. The van der Waals surface area contributed by atoms with Crippen LogP contribution in [0.1, 0.15) is 36.1 Å². The van der Waals surface area contributed by atoms with E-state index < -0.39 is 0 Å². The summed E-state index contributed by atoms with van der Waals surface area (Å²) in [5.41, 5.74) is 2.02. The number of benzene rings is 2. The predicted octanol–water partition coefficient (Wildman–Crippen LogP) is 5.04. The molecule has 1 saturated heterocycles. The van der Waals surface area contributed by atoms with E-state index in [-0.39, 0.29) is 24.7 Å². The zero-order valence-corrected chi connectivity index (χ0v) is 15.2. The number of carbonyl (C=O) groups is 1. The number of hydrogen-bond donors (Lipinski definition) is 0. The minimum atomic E-state index is -0.240. The van der Waals surface area contributed by atoms with Crippen molar-refractivity contribution >= 4 is 29.1 Å². The fourth-order valence-electron chi connectivity index (χ4n) is 3.42. The lowest BCUT2D eigenvalue weighted by molar-refractivity contribution is -0.159. The molecular formula is C20H19Cl2NO2. The second-order valence-electron chi connectivity index (χ2n) is 6.77. The Morgan fingerprint density at radius 1 is 1.00 bits per heavy atom. The molecule has 5 heteroatoms. The summed E-state index contributed by atoms with van der Waals surface area (Å²) in [5.74, 6) is 0.655. The summed E-state index contributed by atoms with van der Waals surface area (Å²) < 4.78 is 5.98. The van der Waals surface area contributed by atoms with E-state index in [9.17, 15) is 4.79 Å². The smallest absolute Gasteiger partial charge is 0.249 e. The van der Waals surface area contributed by atoms with Crippen molar-refractivity contribution in [1.29, 1.82) is 0 Å². The third kappa shape index (κ3) is 3.69. The Morgan fingerprint density at radius 3 is 2.44 bits per heavy atom. The molecule has 25 heavy (non-hydrogen) atoms. The lowest BCUT2D eigenvalue weighted by atomic mass is 9.92. The molecule has 2 fully saturated rings. The highest BCUT2D eigenvalue weighted by atomic mass is 35.5. The first kappa shape index (κ1) is 16.9. The number of amides is 1. The zero-order chi connectivity index (χ0) is 17.4. The quantitative estimate of drug-likeness (QED) is 0.748. The monoisotopic (exact) mass is 375 g/mol. The predicted molar refractivity (Wildman–Crippen MR) is 98.8 cm³/mol. The zero-order valence-electron chi connectivity index (χ0n) is 13.7. The molecule has 1 unspecified atom stereocenters. The van der Waals surface area contributed by atoms with Crippen molar-refractivity contribution in [3.8, 4) is 0 Å². The molecule has 2 aliphatic rings. The van der Waals surface area contributed by atoms with E-state index in [2.05, 4.69) is 0 Å². The molecule has 2 aromatic carbocycles. The minimum Gasteiger partial charge on any atom is -0.361 e. The lowest BCUT2D eigenvalue weighted by Crippen LogP contribution is -2.46. The fraction of sp³-hybridized carbons (Fsp3) is 0.350. The molecule has 1 saturated carbocycles. The van der Waals surface area contributed by atoms with Crippen LogP contribution >= 0.6 is 23.2 Å². The Hall–Kier alpha value is -1.55. The molecule has 130 valence electrons. The first-order chi connectivity index (χ1) is 12.1. The molecule has 0 radical (unpaired) electrons. The van der Waals surface area contributed by atoms with Gasteiger partial charge in [-0.3, -0.25) is 4.79 Å². The van der Waals surface area contributed by atoms with Gasteiger partial charge < -0.3 is 9.64 Å². The number of ether oxygens (including phenoxy) is 1. The van der Waals surface area contributed by atoms with Gasteiger partial charge in [0.25, 0.3) is 0 Å². The van der Waals surface area contributed by atoms with E-state index in [1.54, 1.807) is 0 Å². The summed E-state index contributed by atoms with van der Waals surface area (Å²) in [6, 6.07) is 15.2. The lowest BCUT2D eigenvalue weighted by Gasteiger charge is -2.41. The average molecular weight is 376 g/mol. The van der Waals surface area contributed by atoms with Crippen molar-refractivity contribution in [3.63, 3.8) is 0 Å². The van der Waals surface area contributed by atoms with E-state index in [1.807, 2.05) is 53.4 Å². The summed E-state index contributed by atoms with van der Waals surface area (Å²) in [4.78, 5) is 14.6. The van der Waals surface area contributed by atoms with Gasteiger partial charge in [0, 0.05) is 16.6 Å². The van der Waals surface area contributed by atoms with Crippen molar-refractivity contribution in [2.45, 2.75) is 25.0 Å². The van der Waals surface area contributed by atoms with Gasteiger partial charge in [-0.2, -0.15) is 0 Å². The maximum atomic E-state index is 12.6. The molecule has 0 spiro atoms. The summed E-state index contributed by atoms with van der Waals surface area (Å²) >= 11 is 12.2. The molecular weight excluding hydrogens is 357 g/mol. The van der Waals surface area contributed by atoms with E-state index in [4.69, 9.17) is 27.9 Å². The van der Waals surface area contributed by atoms with E-state index in [0.29, 0.717) is 16.0 Å². The SMILES string of the molecule is O=C1COC(c2cccc(Cl)c2)[C@@H](c2ccc(Cl)cc2)N1CC1CC1. The van der Waals surface area contributed by atoms with Gasteiger partial charge in [-0.05, 0) is 54.2 Å². The second-order valence-corrected chi connectivity index (χ2v) is 7.65. The number of morpholine rings is 1. The molecule has 0 N–H and O–H groups in total. The number of rotatable bonds is 4. The van der Waals surface area contributed by atoms with Crippen molar-refractivity contribution in [2.24, 2.45) is 5.92 Å². The highest BCUT2D eigenvalue weighted by molar-refractivity contribution is 6.30. The van der Waals surface area contributed by atoms with Crippen LogP contribution in [0.2, 0.25) is 10.0 Å². The van der Waals surface area contributed by atoms with Gasteiger partial charge >= 0.3 is 0 Å². The Bertz CT molecular complexity index is 774. The summed E-state index contributed by atoms with van der Waals surface area (Å²) in [7, 11) is 0. The highest BCUT2D eigenvalue weighted by Gasteiger charge is 2.41. The third-order valence-electron chi connectivity index (χ3n) is 4.87. The van der Waals surface area contributed by atoms with E-state index in [0.717, 1.165) is 17.7 Å². The largest absolute Gasteiger partial charge is 0.361 e. The molecule has 2 atom stereocenters. The van der Waals surface area contributed by atoms with Crippen LogP contribution in [0.25, 0.3) is 0 Å². The van der Waals surface area contributed by atoms with Gasteiger partial charge in [0.2, 0.25) is 5.91 Å². The second kappa shape index (κ2) is 6.99. The van der Waals surface area contributed by atoms with Gasteiger partial charge in [-0.1, -0.05) is 47.5 Å². The molecule has 1 amide bonds. The fourth-order valence-corrected chi connectivity index (χ4v) is 3.75. The number of halogens is 2. The van der Waals surface area contributed by atoms with Gasteiger partial charge in [0.15, 0.2) is 0 Å². The standard InChI is InChI=1S/C20H19Cl2NO2/c21-16-8-6-14(7-9-16)19-20(15-2-1-3-17(22)10-15)25-12-18(24)23(19)11-13-4-5-13/h1-3,6-10,13,19-20H,4-5,11-12H2/t19-,20?/m1/s1. The molecule has 1 aliphatic carbocycles. The van der Waals surface area contributed by atoms with Gasteiger partial charge in [-0.15, -0.1) is 0 Å². The minimum absolute atomic E-state index is 0.0464. The summed E-state index contributed by atoms with van der Waals surface area (Å²) in [6.45, 7) is 0.889. The number of nitrogens with zero attached hydrogens (tertiary/aromatic N) is 1. The average Bonchev–Trinajstić information content (AvgIpc) is 3.42. The molecule has 4 rings (SSSR count). The summed E-state index contributed by atoms with van der Waals surface area (Å²) in [5, 5.41) is 1.35. The molecule has 1 aliphatic heterocycles. The normalized spacial score (nSPS) is 23.8. The molecule has 3 nitrogen and oxygen atoms in total. The Kier molecular flexibility index (Phi) is 4.72. The van der Waals surface area contributed by atoms with Crippen molar-refractivity contribution in [3.05, 3.63) is 69.7 Å². The van der Waals surface area contributed by atoms with E-state index in [1.165, 1.54) is 12.8 Å². The number of carbonyl (C=O) groups excluding carboxylic acids is 1. The molecule has 0 aromatic heterocycles. The van der Waals surface area contributed by atoms with Crippen LogP contribution in [0, 0.1) is 5.92 Å². The Balaban J connectivity index is 1.74. The highest BCUT2D eigenvalue weighted by Crippen LogP contribution is 2.43. The molecule has 1 heterocycles. The van der Waals surface area contributed by atoms with Crippen LogP contribution in [-0.4, -0.2) is 24.0 Å². The van der Waals surface area contributed by atoms with Gasteiger partial charge in [-0.25, -0.2) is 0 Å². The van der Waals surface area contributed by atoms with Crippen LogP contribution in [0.3, 0.4) is 0 Å². The van der Waals surface area contributed by atoms with Crippen LogP contribution in [0.5, 0.6) is 0 Å². The van der Waals surface area contributed by atoms with Gasteiger partial charge in [0.05, 0.1) is 6.04 Å². The maximum absolute atomic E-state index is 12.6. The van der Waals surface area contributed by atoms with Crippen LogP contribution < -0.4 is 0 Å².